The van der Waals surface area contributed by atoms with Gasteiger partial charge in [0.25, 0.3) is 0 Å². The third-order valence-electron chi connectivity index (χ3n) is 3.24. The van der Waals surface area contributed by atoms with Gasteiger partial charge in [0.2, 0.25) is 0 Å². The zero-order valence-corrected chi connectivity index (χ0v) is 8.47. The van der Waals surface area contributed by atoms with Crippen molar-refractivity contribution in [2.75, 3.05) is 0 Å². The van der Waals surface area contributed by atoms with Gasteiger partial charge in [-0.1, -0.05) is 24.5 Å². The molecule has 0 bridgehead atoms. The van der Waals surface area contributed by atoms with Crippen molar-refractivity contribution < 1.29 is 0 Å². The van der Waals surface area contributed by atoms with Crippen LogP contribution >= 0.6 is 0 Å². The van der Waals surface area contributed by atoms with E-state index in [0.717, 1.165) is 5.92 Å². The summed E-state index contributed by atoms with van der Waals surface area (Å²) in [5, 5.41) is 0. The molecular weight excluding hydrogens is 158 g/mol. The van der Waals surface area contributed by atoms with Crippen molar-refractivity contribution in [1.82, 2.24) is 0 Å². The molecule has 0 aromatic carbocycles. The maximum atomic E-state index is 6.10. The van der Waals surface area contributed by atoms with Crippen LogP contribution < -0.4 is 5.73 Å². The zero-order chi connectivity index (χ0) is 9.10. The molecule has 1 heteroatoms. The van der Waals surface area contributed by atoms with E-state index >= 15 is 0 Å². The Balaban J connectivity index is 1.71. The lowest BCUT2D eigenvalue weighted by molar-refractivity contribution is 0.543. The molecule has 0 saturated heterocycles. The fourth-order valence-electron chi connectivity index (χ4n) is 2.29. The summed E-state index contributed by atoms with van der Waals surface area (Å²) in [5.41, 5.74) is 7.74. The van der Waals surface area contributed by atoms with Gasteiger partial charge in [-0.05, 0) is 44.4 Å². The molecule has 0 aliphatic heterocycles. The molecule has 13 heavy (non-hydrogen) atoms. The minimum absolute atomic E-state index is 0.455. The highest BCUT2D eigenvalue weighted by Gasteiger charge is 2.24. The lowest BCUT2D eigenvalue weighted by atomic mass is 9.93. The van der Waals surface area contributed by atoms with Crippen LogP contribution in [0.25, 0.3) is 0 Å². The smallest absolute Gasteiger partial charge is 0.00787 e. The van der Waals surface area contributed by atoms with Crippen molar-refractivity contribution in [1.29, 1.82) is 0 Å². The second kappa shape index (κ2) is 4.28. The van der Waals surface area contributed by atoms with Gasteiger partial charge in [-0.2, -0.15) is 0 Å². The normalized spacial score (nSPS) is 25.5. The van der Waals surface area contributed by atoms with Gasteiger partial charge in [-0.3, -0.25) is 0 Å². The molecule has 1 fully saturated rings. The summed E-state index contributed by atoms with van der Waals surface area (Å²) in [6, 6.07) is 0.455. The Morgan fingerprint density at radius 3 is 2.85 bits per heavy atom. The van der Waals surface area contributed by atoms with Gasteiger partial charge in [0.15, 0.2) is 0 Å². The second-order valence-corrected chi connectivity index (χ2v) is 4.75. The quantitative estimate of drug-likeness (QED) is 0.660. The molecule has 0 aromatic rings. The molecule has 2 aliphatic rings. The molecule has 0 amide bonds. The van der Waals surface area contributed by atoms with Crippen LogP contribution in [0.3, 0.4) is 0 Å². The minimum atomic E-state index is 0.455. The number of rotatable bonds is 4. The fraction of sp³-hybridized carbons (Fsp3) is 0.833. The van der Waals surface area contributed by atoms with Crippen molar-refractivity contribution in [2.24, 2.45) is 11.7 Å². The van der Waals surface area contributed by atoms with Crippen molar-refractivity contribution in [3.05, 3.63) is 11.6 Å². The van der Waals surface area contributed by atoms with E-state index in [1.165, 1.54) is 51.4 Å². The van der Waals surface area contributed by atoms with E-state index < -0.39 is 0 Å². The van der Waals surface area contributed by atoms with Crippen LogP contribution in [0, 0.1) is 5.92 Å². The van der Waals surface area contributed by atoms with Crippen LogP contribution in [0.15, 0.2) is 11.6 Å². The van der Waals surface area contributed by atoms with Gasteiger partial charge in [0, 0.05) is 6.04 Å². The minimum Gasteiger partial charge on any atom is -0.327 e. The van der Waals surface area contributed by atoms with Crippen LogP contribution in [0.5, 0.6) is 0 Å². The molecule has 2 rings (SSSR count). The van der Waals surface area contributed by atoms with E-state index in [-0.39, 0.29) is 0 Å². The molecule has 74 valence electrons. The predicted octanol–water partition coefficient (Wildman–Crippen LogP) is 3.00. The maximum Gasteiger partial charge on any atom is 0.00787 e. The third-order valence-corrected chi connectivity index (χ3v) is 3.24. The van der Waals surface area contributed by atoms with E-state index in [9.17, 15) is 0 Å². The van der Waals surface area contributed by atoms with Crippen LogP contribution in [-0.2, 0) is 0 Å². The molecule has 2 N–H and O–H groups in total. The number of hydrogen-bond acceptors (Lipinski definition) is 1. The molecule has 1 nitrogen and oxygen atoms in total. The second-order valence-electron chi connectivity index (χ2n) is 4.75. The monoisotopic (exact) mass is 179 g/mol. The number of hydrogen-bond donors (Lipinski definition) is 1. The zero-order valence-electron chi connectivity index (χ0n) is 8.47. The molecule has 1 atom stereocenters. The summed E-state index contributed by atoms with van der Waals surface area (Å²) < 4.78 is 0. The van der Waals surface area contributed by atoms with Gasteiger partial charge in [0.05, 0.1) is 0 Å². The van der Waals surface area contributed by atoms with Gasteiger partial charge in [-0.15, -0.1) is 0 Å². The molecule has 0 radical (unpaired) electrons. The molecule has 0 spiro atoms. The highest BCUT2D eigenvalue weighted by atomic mass is 14.6. The van der Waals surface area contributed by atoms with Crippen molar-refractivity contribution in [3.63, 3.8) is 0 Å². The molecule has 0 heterocycles. The fourth-order valence-corrected chi connectivity index (χ4v) is 2.29. The summed E-state index contributed by atoms with van der Waals surface area (Å²) in [5.74, 6) is 0.985. The van der Waals surface area contributed by atoms with E-state index in [1.54, 1.807) is 5.57 Å². The van der Waals surface area contributed by atoms with Gasteiger partial charge < -0.3 is 5.73 Å². The van der Waals surface area contributed by atoms with Crippen molar-refractivity contribution >= 4 is 0 Å². The van der Waals surface area contributed by atoms with Crippen molar-refractivity contribution in [2.45, 2.75) is 57.4 Å². The van der Waals surface area contributed by atoms with E-state index in [4.69, 9.17) is 5.73 Å². The maximum absolute atomic E-state index is 6.10. The van der Waals surface area contributed by atoms with Gasteiger partial charge >= 0.3 is 0 Å². The largest absolute Gasteiger partial charge is 0.327 e. The lowest BCUT2D eigenvalue weighted by Gasteiger charge is -2.17. The Morgan fingerprint density at radius 1 is 1.38 bits per heavy atom. The summed E-state index contributed by atoms with van der Waals surface area (Å²) in [7, 11) is 0. The third kappa shape index (κ3) is 3.15. The summed E-state index contributed by atoms with van der Waals surface area (Å²) in [6.45, 7) is 0. The first kappa shape index (κ1) is 9.26. The van der Waals surface area contributed by atoms with E-state index in [2.05, 4.69) is 6.08 Å². The Labute approximate surface area is 81.4 Å². The molecule has 0 aromatic heterocycles. The van der Waals surface area contributed by atoms with Crippen LogP contribution in [0.2, 0.25) is 0 Å². The molecule has 1 unspecified atom stereocenters. The Hall–Kier alpha value is -0.300. The summed E-state index contributed by atoms with van der Waals surface area (Å²) in [6.07, 6.45) is 13.1. The Bertz CT molecular complexity index is 191. The van der Waals surface area contributed by atoms with E-state index in [1.807, 2.05) is 0 Å². The predicted molar refractivity (Wildman–Crippen MR) is 56.5 cm³/mol. The highest BCUT2D eigenvalue weighted by Crippen LogP contribution is 2.34. The molecule has 2 aliphatic carbocycles. The molecular formula is C12H21N. The SMILES string of the molecule is NC(CC1=CCCCC1)CC1CC1. The van der Waals surface area contributed by atoms with Gasteiger partial charge in [0.1, 0.15) is 0 Å². The average molecular weight is 179 g/mol. The first-order valence-corrected chi connectivity index (χ1v) is 5.78. The van der Waals surface area contributed by atoms with Crippen LogP contribution in [0.4, 0.5) is 0 Å². The molecule has 1 saturated carbocycles. The Kier molecular flexibility index (Phi) is 3.05. The van der Waals surface area contributed by atoms with E-state index in [0.29, 0.717) is 6.04 Å². The van der Waals surface area contributed by atoms with Crippen LogP contribution in [-0.4, -0.2) is 6.04 Å². The number of allylic oxidation sites excluding steroid dienone is 1. The first-order valence-electron chi connectivity index (χ1n) is 5.78. The first-order chi connectivity index (χ1) is 6.34. The lowest BCUT2D eigenvalue weighted by Crippen LogP contribution is -2.21. The summed E-state index contributed by atoms with van der Waals surface area (Å²) in [4.78, 5) is 0. The Morgan fingerprint density at radius 2 is 2.23 bits per heavy atom. The van der Waals surface area contributed by atoms with Gasteiger partial charge in [-0.25, -0.2) is 0 Å². The average Bonchev–Trinajstić information content (AvgIpc) is 2.90. The summed E-state index contributed by atoms with van der Waals surface area (Å²) >= 11 is 0. The van der Waals surface area contributed by atoms with Crippen LogP contribution in [0.1, 0.15) is 51.4 Å². The standard InChI is InChI=1S/C12H21N/c13-12(9-11-6-7-11)8-10-4-2-1-3-5-10/h4,11-12H,1-3,5-9,13H2. The number of nitrogens with two attached hydrogens (primary N) is 1. The highest BCUT2D eigenvalue weighted by molar-refractivity contribution is 5.07. The van der Waals surface area contributed by atoms with Crippen molar-refractivity contribution in [3.8, 4) is 0 Å². The topological polar surface area (TPSA) is 26.0 Å².